The number of rotatable bonds is 5. The molecule has 1 fully saturated rings. The first-order chi connectivity index (χ1) is 7.27. The molecule has 15 heavy (non-hydrogen) atoms. The first-order valence-electron chi connectivity index (χ1n) is 5.03. The van der Waals surface area contributed by atoms with E-state index in [-0.39, 0.29) is 18.6 Å². The Labute approximate surface area is 89.6 Å². The van der Waals surface area contributed by atoms with Gasteiger partial charge >= 0.3 is 0 Å². The zero-order chi connectivity index (χ0) is 11.1. The Kier molecular flexibility index (Phi) is 5.08. The predicted octanol–water partition coefficient (Wildman–Crippen LogP) is 0.164. The van der Waals surface area contributed by atoms with Crippen LogP contribution in [-0.2, 0) is 14.3 Å². The number of ether oxygens (including phenoxy) is 2. The zero-order valence-corrected chi connectivity index (χ0v) is 8.94. The number of amides is 1. The SMILES string of the molecule is COCCCN1CC(CC#N)OCC1=O. The normalized spacial score (nSPS) is 21.5. The van der Waals surface area contributed by atoms with Crippen molar-refractivity contribution >= 4 is 5.91 Å². The minimum absolute atomic E-state index is 0.000271. The van der Waals surface area contributed by atoms with E-state index in [1.54, 1.807) is 12.0 Å². The molecule has 1 aliphatic heterocycles. The lowest BCUT2D eigenvalue weighted by Gasteiger charge is -2.31. The lowest BCUT2D eigenvalue weighted by Crippen LogP contribution is -2.46. The van der Waals surface area contributed by atoms with Crippen LogP contribution >= 0.6 is 0 Å². The van der Waals surface area contributed by atoms with Gasteiger partial charge in [-0.25, -0.2) is 0 Å². The molecular weight excluding hydrogens is 196 g/mol. The molecule has 5 nitrogen and oxygen atoms in total. The van der Waals surface area contributed by atoms with Gasteiger partial charge in [-0.15, -0.1) is 0 Å². The van der Waals surface area contributed by atoms with Crippen LogP contribution in [0.3, 0.4) is 0 Å². The van der Waals surface area contributed by atoms with Crippen molar-refractivity contribution in [2.45, 2.75) is 18.9 Å². The van der Waals surface area contributed by atoms with Gasteiger partial charge in [0.1, 0.15) is 6.61 Å². The van der Waals surface area contributed by atoms with E-state index in [0.717, 1.165) is 6.42 Å². The van der Waals surface area contributed by atoms with Crippen molar-refractivity contribution < 1.29 is 14.3 Å². The molecule has 0 bridgehead atoms. The molecular formula is C10H16N2O3. The summed E-state index contributed by atoms with van der Waals surface area (Å²) in [5.74, 6) is 0.000271. The highest BCUT2D eigenvalue weighted by Gasteiger charge is 2.25. The van der Waals surface area contributed by atoms with Crippen molar-refractivity contribution in [3.05, 3.63) is 0 Å². The van der Waals surface area contributed by atoms with Crippen molar-refractivity contribution in [2.75, 3.05) is 33.4 Å². The largest absolute Gasteiger partial charge is 0.385 e. The first kappa shape index (κ1) is 12.0. The second kappa shape index (κ2) is 6.38. The summed E-state index contributed by atoms with van der Waals surface area (Å²) in [5.41, 5.74) is 0. The Morgan fingerprint density at radius 3 is 3.20 bits per heavy atom. The van der Waals surface area contributed by atoms with Crippen molar-refractivity contribution in [2.24, 2.45) is 0 Å². The van der Waals surface area contributed by atoms with E-state index >= 15 is 0 Å². The third-order valence-electron chi connectivity index (χ3n) is 2.31. The molecule has 0 spiro atoms. The Balaban J connectivity index is 2.33. The van der Waals surface area contributed by atoms with Gasteiger partial charge < -0.3 is 14.4 Å². The second-order valence-electron chi connectivity index (χ2n) is 3.48. The highest BCUT2D eigenvalue weighted by molar-refractivity contribution is 5.78. The number of nitrogens with zero attached hydrogens (tertiary/aromatic N) is 2. The van der Waals surface area contributed by atoms with Crippen LogP contribution in [0.4, 0.5) is 0 Å². The summed E-state index contributed by atoms with van der Waals surface area (Å²) in [7, 11) is 1.64. The van der Waals surface area contributed by atoms with Gasteiger partial charge in [-0.2, -0.15) is 5.26 Å². The molecule has 1 unspecified atom stereocenters. The van der Waals surface area contributed by atoms with Crippen LogP contribution in [0.15, 0.2) is 0 Å². The van der Waals surface area contributed by atoms with Crippen LogP contribution in [0, 0.1) is 11.3 Å². The van der Waals surface area contributed by atoms with E-state index in [9.17, 15) is 4.79 Å². The Bertz CT molecular complexity index is 250. The average Bonchev–Trinajstić information content (AvgIpc) is 2.23. The maximum Gasteiger partial charge on any atom is 0.248 e. The van der Waals surface area contributed by atoms with Crippen molar-refractivity contribution in [3.63, 3.8) is 0 Å². The van der Waals surface area contributed by atoms with Gasteiger partial charge in [0.05, 0.1) is 18.6 Å². The van der Waals surface area contributed by atoms with Gasteiger partial charge in [0.25, 0.3) is 0 Å². The number of nitriles is 1. The van der Waals surface area contributed by atoms with E-state index in [2.05, 4.69) is 6.07 Å². The molecule has 1 rings (SSSR count). The molecule has 0 aromatic carbocycles. The lowest BCUT2D eigenvalue weighted by molar-refractivity contribution is -0.148. The fourth-order valence-corrected chi connectivity index (χ4v) is 1.52. The van der Waals surface area contributed by atoms with E-state index in [1.807, 2.05) is 0 Å². The van der Waals surface area contributed by atoms with Crippen LogP contribution in [0.5, 0.6) is 0 Å². The summed E-state index contributed by atoms with van der Waals surface area (Å²) in [4.78, 5) is 13.2. The van der Waals surface area contributed by atoms with Gasteiger partial charge in [0.15, 0.2) is 0 Å². The average molecular weight is 212 g/mol. The quantitative estimate of drug-likeness (QED) is 0.609. The molecule has 0 aliphatic carbocycles. The number of morpholine rings is 1. The molecule has 1 heterocycles. The number of carbonyl (C=O) groups excluding carboxylic acids is 1. The topological polar surface area (TPSA) is 62.6 Å². The molecule has 0 aromatic heterocycles. The molecule has 1 amide bonds. The second-order valence-corrected chi connectivity index (χ2v) is 3.48. The minimum atomic E-state index is -0.129. The molecule has 84 valence electrons. The molecule has 1 aliphatic rings. The van der Waals surface area contributed by atoms with Crippen molar-refractivity contribution in [1.82, 2.24) is 4.90 Å². The summed E-state index contributed by atoms with van der Waals surface area (Å²) in [6.45, 7) is 1.95. The predicted molar refractivity (Wildman–Crippen MR) is 53.0 cm³/mol. The monoisotopic (exact) mass is 212 g/mol. The number of carbonyl (C=O) groups is 1. The van der Waals surface area contributed by atoms with Crippen LogP contribution in [-0.4, -0.2) is 50.3 Å². The molecule has 1 atom stereocenters. The maximum atomic E-state index is 11.4. The van der Waals surface area contributed by atoms with Crippen molar-refractivity contribution in [3.8, 4) is 6.07 Å². The van der Waals surface area contributed by atoms with Crippen LogP contribution in [0.2, 0.25) is 0 Å². The van der Waals surface area contributed by atoms with Gasteiger partial charge in [0.2, 0.25) is 5.91 Å². The van der Waals surface area contributed by atoms with E-state index in [4.69, 9.17) is 14.7 Å². The summed E-state index contributed by atoms with van der Waals surface area (Å²) in [6, 6.07) is 2.05. The van der Waals surface area contributed by atoms with E-state index in [0.29, 0.717) is 26.1 Å². The lowest BCUT2D eigenvalue weighted by atomic mass is 10.2. The van der Waals surface area contributed by atoms with Crippen LogP contribution in [0.1, 0.15) is 12.8 Å². The van der Waals surface area contributed by atoms with Gasteiger partial charge in [0, 0.05) is 26.8 Å². The minimum Gasteiger partial charge on any atom is -0.385 e. The molecule has 1 saturated heterocycles. The third kappa shape index (κ3) is 3.86. The first-order valence-corrected chi connectivity index (χ1v) is 5.03. The van der Waals surface area contributed by atoms with Gasteiger partial charge in [-0.05, 0) is 6.42 Å². The number of hydrogen-bond donors (Lipinski definition) is 0. The Hall–Kier alpha value is -1.12. The summed E-state index contributed by atoms with van der Waals surface area (Å²) < 4.78 is 10.1. The van der Waals surface area contributed by atoms with Crippen LogP contribution in [0.25, 0.3) is 0 Å². The molecule has 0 saturated carbocycles. The molecule has 5 heteroatoms. The highest BCUT2D eigenvalue weighted by Crippen LogP contribution is 2.09. The van der Waals surface area contributed by atoms with E-state index < -0.39 is 0 Å². The molecule has 0 aromatic rings. The Morgan fingerprint density at radius 2 is 2.53 bits per heavy atom. The number of hydrogen-bond acceptors (Lipinski definition) is 4. The summed E-state index contributed by atoms with van der Waals surface area (Å²) in [6.07, 6.45) is 1.03. The zero-order valence-electron chi connectivity index (χ0n) is 8.94. The standard InChI is InChI=1S/C10H16N2O3/c1-14-6-2-5-12-7-9(3-4-11)15-8-10(12)13/h9H,2-3,5-8H2,1H3. The fourth-order valence-electron chi connectivity index (χ4n) is 1.52. The molecule has 0 radical (unpaired) electrons. The highest BCUT2D eigenvalue weighted by atomic mass is 16.5. The van der Waals surface area contributed by atoms with Gasteiger partial charge in [-0.3, -0.25) is 4.79 Å². The Morgan fingerprint density at radius 1 is 1.73 bits per heavy atom. The molecule has 0 N–H and O–H groups in total. The summed E-state index contributed by atoms with van der Waals surface area (Å²) >= 11 is 0. The summed E-state index contributed by atoms with van der Waals surface area (Å²) in [5, 5.41) is 8.53. The smallest absolute Gasteiger partial charge is 0.248 e. The van der Waals surface area contributed by atoms with Gasteiger partial charge in [-0.1, -0.05) is 0 Å². The maximum absolute atomic E-state index is 11.4. The fraction of sp³-hybridized carbons (Fsp3) is 0.800. The van der Waals surface area contributed by atoms with Crippen molar-refractivity contribution in [1.29, 1.82) is 5.26 Å². The number of methoxy groups -OCH3 is 1. The van der Waals surface area contributed by atoms with Crippen LogP contribution < -0.4 is 0 Å². The third-order valence-corrected chi connectivity index (χ3v) is 2.31. The van der Waals surface area contributed by atoms with E-state index in [1.165, 1.54) is 0 Å².